The highest BCUT2D eigenvalue weighted by molar-refractivity contribution is 5.22. The van der Waals surface area contributed by atoms with Gasteiger partial charge in [0.2, 0.25) is 0 Å². The molecule has 0 saturated carbocycles. The summed E-state index contributed by atoms with van der Waals surface area (Å²) < 4.78 is 0. The van der Waals surface area contributed by atoms with Gasteiger partial charge in [0, 0.05) is 12.2 Å². The van der Waals surface area contributed by atoms with Gasteiger partial charge < -0.3 is 5.32 Å². The zero-order valence-corrected chi connectivity index (χ0v) is 6.54. The number of rotatable bonds is 0. The van der Waals surface area contributed by atoms with Crippen LogP contribution in [0.3, 0.4) is 0 Å². The highest BCUT2D eigenvalue weighted by atomic mass is 15.1. The van der Waals surface area contributed by atoms with Crippen LogP contribution in [0.4, 0.5) is 0 Å². The van der Waals surface area contributed by atoms with Gasteiger partial charge in [0.05, 0.1) is 5.69 Å². The molecule has 2 rings (SSSR count). The van der Waals surface area contributed by atoms with Crippen molar-refractivity contribution in [3.63, 3.8) is 0 Å². The number of aromatic nitrogens is 2. The van der Waals surface area contributed by atoms with Gasteiger partial charge in [-0.3, -0.25) is 0 Å². The summed E-state index contributed by atoms with van der Waals surface area (Å²) in [6, 6.07) is 2.42. The van der Waals surface area contributed by atoms with E-state index in [9.17, 15) is 0 Å². The van der Waals surface area contributed by atoms with E-state index in [4.69, 9.17) is 0 Å². The fourth-order valence-electron chi connectivity index (χ4n) is 1.46. The number of nitrogens with zero attached hydrogens (tertiary/aromatic N) is 2. The third kappa shape index (κ3) is 1.12. The molecule has 1 aromatic rings. The van der Waals surface area contributed by atoms with Crippen LogP contribution in [0.25, 0.3) is 0 Å². The first kappa shape index (κ1) is 6.73. The molecule has 2 heterocycles. The van der Waals surface area contributed by atoms with Crippen molar-refractivity contribution in [3.8, 4) is 0 Å². The quantitative estimate of drug-likeness (QED) is 0.589. The molecule has 3 heteroatoms. The summed E-state index contributed by atoms with van der Waals surface area (Å²) in [5.41, 5.74) is 2.45. The summed E-state index contributed by atoms with van der Waals surface area (Å²) in [6.07, 6.45) is 2.84. The lowest BCUT2D eigenvalue weighted by Crippen LogP contribution is -2.28. The van der Waals surface area contributed by atoms with Gasteiger partial charge in [-0.15, -0.1) is 0 Å². The Kier molecular flexibility index (Phi) is 1.58. The van der Waals surface area contributed by atoms with E-state index in [0.29, 0.717) is 6.04 Å². The second-order valence-electron chi connectivity index (χ2n) is 2.87. The predicted octanol–water partition coefficient (Wildman–Crippen LogP) is 0.683. The molecule has 0 fully saturated rings. The molecule has 1 aromatic heterocycles. The summed E-state index contributed by atoms with van der Waals surface area (Å²) in [7, 11) is 0. The Morgan fingerprint density at radius 1 is 1.64 bits per heavy atom. The Morgan fingerprint density at radius 2 is 2.55 bits per heavy atom. The molecule has 0 aliphatic carbocycles. The van der Waals surface area contributed by atoms with E-state index in [0.717, 1.165) is 18.7 Å². The average molecular weight is 149 g/mol. The molecule has 1 N–H and O–H groups in total. The van der Waals surface area contributed by atoms with Crippen molar-refractivity contribution in [2.75, 3.05) is 6.54 Å². The number of hydrogen-bond acceptors (Lipinski definition) is 3. The molecule has 1 aliphatic heterocycles. The predicted molar refractivity (Wildman–Crippen MR) is 42.2 cm³/mol. The minimum atomic E-state index is 0.368. The molecule has 3 nitrogen and oxygen atoms in total. The molecule has 1 atom stereocenters. The van der Waals surface area contributed by atoms with E-state index < -0.39 is 0 Å². The molecule has 0 amide bonds. The van der Waals surface area contributed by atoms with Crippen molar-refractivity contribution in [3.05, 3.63) is 23.5 Å². The first-order valence-electron chi connectivity index (χ1n) is 3.92. The Bertz CT molecular complexity index is 259. The molecule has 0 spiro atoms. The Labute approximate surface area is 65.8 Å². The molecule has 0 bridgehead atoms. The molecule has 11 heavy (non-hydrogen) atoms. The fourth-order valence-corrected chi connectivity index (χ4v) is 1.46. The van der Waals surface area contributed by atoms with Gasteiger partial charge in [-0.2, -0.15) is 10.2 Å². The highest BCUT2D eigenvalue weighted by Crippen LogP contribution is 2.17. The number of hydrogen-bond donors (Lipinski definition) is 1. The zero-order chi connectivity index (χ0) is 7.68. The zero-order valence-electron chi connectivity index (χ0n) is 6.54. The lowest BCUT2D eigenvalue weighted by atomic mass is 10.0. The molecule has 0 radical (unpaired) electrons. The van der Waals surface area contributed by atoms with Gasteiger partial charge >= 0.3 is 0 Å². The van der Waals surface area contributed by atoms with Crippen molar-refractivity contribution >= 4 is 0 Å². The van der Waals surface area contributed by atoms with Gasteiger partial charge in [-0.25, -0.2) is 0 Å². The summed E-state index contributed by atoms with van der Waals surface area (Å²) in [5, 5.41) is 11.3. The number of fused-ring (bicyclic) bond motifs is 1. The summed E-state index contributed by atoms with van der Waals surface area (Å²) in [4.78, 5) is 0. The molecule has 0 unspecified atom stereocenters. The van der Waals surface area contributed by atoms with Gasteiger partial charge in [-0.1, -0.05) is 0 Å². The van der Waals surface area contributed by atoms with Crippen LogP contribution in [-0.2, 0) is 6.42 Å². The summed E-state index contributed by atoms with van der Waals surface area (Å²) >= 11 is 0. The topological polar surface area (TPSA) is 37.8 Å². The number of nitrogens with one attached hydrogen (secondary N) is 1. The minimum Gasteiger partial charge on any atom is -0.308 e. The van der Waals surface area contributed by atoms with Crippen LogP contribution in [0.1, 0.15) is 24.2 Å². The van der Waals surface area contributed by atoms with E-state index >= 15 is 0 Å². The summed E-state index contributed by atoms with van der Waals surface area (Å²) in [5.74, 6) is 0. The van der Waals surface area contributed by atoms with Crippen molar-refractivity contribution in [2.45, 2.75) is 19.4 Å². The standard InChI is InChI=1S/C8H11N3/c1-6-8-7(2-4-9-6)3-5-10-11-8/h3,5-6,9H,2,4H2,1H3/t6-/m0/s1. The Morgan fingerprint density at radius 3 is 3.36 bits per heavy atom. The maximum atomic E-state index is 4.09. The van der Waals surface area contributed by atoms with Crippen molar-refractivity contribution in [1.29, 1.82) is 0 Å². The van der Waals surface area contributed by atoms with Gasteiger partial charge in [-0.05, 0) is 31.5 Å². The molecule has 0 saturated heterocycles. The Hall–Kier alpha value is -0.960. The largest absolute Gasteiger partial charge is 0.308 e. The minimum absolute atomic E-state index is 0.368. The van der Waals surface area contributed by atoms with Crippen LogP contribution in [0.2, 0.25) is 0 Å². The first-order valence-corrected chi connectivity index (χ1v) is 3.92. The third-order valence-electron chi connectivity index (χ3n) is 2.09. The molecule has 58 valence electrons. The fraction of sp³-hybridized carbons (Fsp3) is 0.500. The molecule has 1 aliphatic rings. The molecular formula is C8H11N3. The van der Waals surface area contributed by atoms with E-state index in [2.05, 4.69) is 28.5 Å². The second kappa shape index (κ2) is 2.58. The van der Waals surface area contributed by atoms with Crippen LogP contribution in [-0.4, -0.2) is 16.7 Å². The maximum Gasteiger partial charge on any atom is 0.0829 e. The highest BCUT2D eigenvalue weighted by Gasteiger charge is 2.16. The van der Waals surface area contributed by atoms with E-state index in [-0.39, 0.29) is 0 Å². The van der Waals surface area contributed by atoms with E-state index in [1.807, 2.05) is 0 Å². The summed E-state index contributed by atoms with van der Waals surface area (Å²) in [6.45, 7) is 3.17. The van der Waals surface area contributed by atoms with Crippen LogP contribution in [0, 0.1) is 0 Å². The maximum absolute atomic E-state index is 4.09. The SMILES string of the molecule is C[C@@H]1NCCc2ccnnc21. The average Bonchev–Trinajstić information content (AvgIpc) is 2.06. The van der Waals surface area contributed by atoms with Gasteiger partial charge in [0.1, 0.15) is 0 Å². The van der Waals surface area contributed by atoms with E-state index in [1.54, 1.807) is 6.20 Å². The van der Waals surface area contributed by atoms with Crippen LogP contribution in [0.15, 0.2) is 12.3 Å². The first-order chi connectivity index (χ1) is 5.38. The van der Waals surface area contributed by atoms with Gasteiger partial charge in [0.15, 0.2) is 0 Å². The molecular weight excluding hydrogens is 138 g/mol. The van der Waals surface area contributed by atoms with Gasteiger partial charge in [0.25, 0.3) is 0 Å². The lowest BCUT2D eigenvalue weighted by molar-refractivity contribution is 0.518. The van der Waals surface area contributed by atoms with Crippen LogP contribution >= 0.6 is 0 Å². The normalized spacial score (nSPS) is 22.8. The van der Waals surface area contributed by atoms with Crippen LogP contribution < -0.4 is 5.32 Å². The Balaban J connectivity index is 2.44. The van der Waals surface area contributed by atoms with Crippen molar-refractivity contribution in [2.24, 2.45) is 0 Å². The van der Waals surface area contributed by atoms with E-state index in [1.165, 1.54) is 5.56 Å². The van der Waals surface area contributed by atoms with Crippen molar-refractivity contribution < 1.29 is 0 Å². The monoisotopic (exact) mass is 149 g/mol. The van der Waals surface area contributed by atoms with Crippen molar-refractivity contribution in [1.82, 2.24) is 15.5 Å². The lowest BCUT2D eigenvalue weighted by Gasteiger charge is -2.21. The second-order valence-corrected chi connectivity index (χ2v) is 2.87. The van der Waals surface area contributed by atoms with Crippen LogP contribution in [0.5, 0.6) is 0 Å². The smallest absolute Gasteiger partial charge is 0.0829 e. The molecule has 0 aromatic carbocycles. The third-order valence-corrected chi connectivity index (χ3v) is 2.09.